The summed E-state index contributed by atoms with van der Waals surface area (Å²) in [7, 11) is 0. The zero-order valence-corrected chi connectivity index (χ0v) is 17.7. The fraction of sp³-hybridized carbons (Fsp3) is 0.0714. The summed E-state index contributed by atoms with van der Waals surface area (Å²) in [6, 6.07) is 33.2. The average Bonchev–Trinajstić information content (AvgIpc) is 2.82. The number of nitrogens with one attached hydrogen (secondary N) is 1. The molecule has 0 radical (unpaired) electrons. The summed E-state index contributed by atoms with van der Waals surface area (Å²) in [6.07, 6.45) is 0. The van der Waals surface area contributed by atoms with Crippen LogP contribution in [0.1, 0.15) is 33.0 Å². The molecular formula is C28H23NO3. The molecule has 0 aromatic heterocycles. The number of hydrogen-bond acceptors (Lipinski definition) is 3. The molecule has 158 valence electrons. The molecule has 0 bridgehead atoms. The standard InChI is InChI=1S/C28H23NO3/c1-20-12-16-24(17-13-20)29-27(30)23-14-18-25(19-15-23)32-28(31)26(21-8-4-2-5-9-21)22-10-6-3-7-11-22/h2-19,26H,1H3,(H,29,30). The molecule has 4 nitrogen and oxygen atoms in total. The maximum absolute atomic E-state index is 13.1. The van der Waals surface area contributed by atoms with Gasteiger partial charge in [-0.05, 0) is 54.4 Å². The van der Waals surface area contributed by atoms with E-state index in [1.807, 2.05) is 91.9 Å². The van der Waals surface area contributed by atoms with Crippen LogP contribution in [0.25, 0.3) is 0 Å². The topological polar surface area (TPSA) is 55.4 Å². The smallest absolute Gasteiger partial charge is 0.323 e. The Morgan fingerprint density at radius 3 is 1.75 bits per heavy atom. The van der Waals surface area contributed by atoms with Crippen molar-refractivity contribution in [3.05, 3.63) is 131 Å². The monoisotopic (exact) mass is 421 g/mol. The van der Waals surface area contributed by atoms with Crippen LogP contribution in [-0.4, -0.2) is 11.9 Å². The summed E-state index contributed by atoms with van der Waals surface area (Å²) >= 11 is 0. The van der Waals surface area contributed by atoms with Crippen LogP contribution in [-0.2, 0) is 4.79 Å². The van der Waals surface area contributed by atoms with Crippen molar-refractivity contribution >= 4 is 17.6 Å². The first kappa shape index (κ1) is 21.1. The highest BCUT2D eigenvalue weighted by atomic mass is 16.5. The molecule has 4 aromatic rings. The minimum atomic E-state index is -0.540. The van der Waals surface area contributed by atoms with Crippen molar-refractivity contribution in [1.29, 1.82) is 0 Å². The molecule has 32 heavy (non-hydrogen) atoms. The lowest BCUT2D eigenvalue weighted by Gasteiger charge is -2.17. The van der Waals surface area contributed by atoms with Crippen molar-refractivity contribution in [2.75, 3.05) is 5.32 Å². The SMILES string of the molecule is Cc1ccc(NC(=O)c2ccc(OC(=O)C(c3ccccc3)c3ccccc3)cc2)cc1. The van der Waals surface area contributed by atoms with Crippen molar-refractivity contribution in [3.8, 4) is 5.75 Å². The van der Waals surface area contributed by atoms with Gasteiger partial charge in [-0.3, -0.25) is 9.59 Å². The van der Waals surface area contributed by atoms with Crippen molar-refractivity contribution in [1.82, 2.24) is 0 Å². The van der Waals surface area contributed by atoms with Gasteiger partial charge in [0.2, 0.25) is 0 Å². The van der Waals surface area contributed by atoms with Crippen LogP contribution in [0.5, 0.6) is 5.75 Å². The predicted octanol–water partition coefficient (Wildman–Crippen LogP) is 5.98. The Balaban J connectivity index is 1.48. The minimum absolute atomic E-state index is 0.224. The highest BCUT2D eigenvalue weighted by Crippen LogP contribution is 2.27. The molecule has 1 amide bonds. The van der Waals surface area contributed by atoms with Crippen LogP contribution in [0, 0.1) is 6.92 Å². The van der Waals surface area contributed by atoms with Crippen molar-refractivity contribution in [2.45, 2.75) is 12.8 Å². The molecule has 0 unspecified atom stereocenters. The fourth-order valence-electron chi connectivity index (χ4n) is 3.45. The zero-order chi connectivity index (χ0) is 22.3. The van der Waals surface area contributed by atoms with Crippen LogP contribution in [0.4, 0.5) is 5.69 Å². The number of amides is 1. The van der Waals surface area contributed by atoms with Gasteiger partial charge in [-0.15, -0.1) is 0 Å². The van der Waals surface area contributed by atoms with E-state index in [1.54, 1.807) is 24.3 Å². The number of rotatable bonds is 6. The predicted molar refractivity (Wildman–Crippen MR) is 126 cm³/mol. The Bertz CT molecular complexity index is 1150. The number of ether oxygens (including phenoxy) is 1. The van der Waals surface area contributed by atoms with Crippen LogP contribution < -0.4 is 10.1 Å². The van der Waals surface area contributed by atoms with Crippen LogP contribution >= 0.6 is 0 Å². The Kier molecular flexibility index (Phi) is 6.42. The van der Waals surface area contributed by atoms with Crippen LogP contribution in [0.3, 0.4) is 0 Å². The Labute approximate surface area is 187 Å². The second-order valence-corrected chi connectivity index (χ2v) is 7.52. The fourth-order valence-corrected chi connectivity index (χ4v) is 3.45. The van der Waals surface area contributed by atoms with Crippen LogP contribution in [0.15, 0.2) is 109 Å². The first-order valence-electron chi connectivity index (χ1n) is 10.4. The maximum atomic E-state index is 13.1. The summed E-state index contributed by atoms with van der Waals surface area (Å²) in [4.78, 5) is 25.6. The van der Waals surface area contributed by atoms with E-state index in [0.29, 0.717) is 11.3 Å². The van der Waals surface area contributed by atoms with Gasteiger partial charge in [0.05, 0.1) is 0 Å². The molecule has 0 atom stereocenters. The second kappa shape index (κ2) is 9.75. The summed E-state index contributed by atoms with van der Waals surface area (Å²) in [6.45, 7) is 1.99. The van der Waals surface area contributed by atoms with Gasteiger partial charge in [0.1, 0.15) is 11.7 Å². The lowest BCUT2D eigenvalue weighted by atomic mass is 9.91. The summed E-state index contributed by atoms with van der Waals surface area (Å²) < 4.78 is 5.68. The lowest BCUT2D eigenvalue weighted by Crippen LogP contribution is -2.20. The molecular weight excluding hydrogens is 398 g/mol. The van der Waals surface area contributed by atoms with E-state index in [-0.39, 0.29) is 11.9 Å². The van der Waals surface area contributed by atoms with Gasteiger partial charge in [0.25, 0.3) is 5.91 Å². The van der Waals surface area contributed by atoms with Gasteiger partial charge in [0, 0.05) is 11.3 Å². The van der Waals surface area contributed by atoms with E-state index in [9.17, 15) is 9.59 Å². The van der Waals surface area contributed by atoms with Gasteiger partial charge in [0.15, 0.2) is 0 Å². The summed E-state index contributed by atoms with van der Waals surface area (Å²) in [5.41, 5.74) is 4.05. The van der Waals surface area contributed by atoms with Crippen molar-refractivity contribution in [3.63, 3.8) is 0 Å². The maximum Gasteiger partial charge on any atom is 0.323 e. The zero-order valence-electron chi connectivity index (χ0n) is 17.7. The Morgan fingerprint density at radius 1 is 0.688 bits per heavy atom. The van der Waals surface area contributed by atoms with E-state index >= 15 is 0 Å². The normalized spacial score (nSPS) is 10.6. The molecule has 0 saturated carbocycles. The van der Waals surface area contributed by atoms with E-state index in [2.05, 4.69) is 5.32 Å². The first-order chi connectivity index (χ1) is 15.6. The highest BCUT2D eigenvalue weighted by Gasteiger charge is 2.24. The molecule has 4 aromatic carbocycles. The van der Waals surface area contributed by atoms with E-state index in [0.717, 1.165) is 22.4 Å². The molecule has 1 N–H and O–H groups in total. The van der Waals surface area contributed by atoms with Crippen molar-refractivity contribution in [2.24, 2.45) is 0 Å². The van der Waals surface area contributed by atoms with Crippen molar-refractivity contribution < 1.29 is 14.3 Å². The summed E-state index contributed by atoms with van der Waals surface area (Å²) in [5, 5.41) is 2.86. The molecule has 0 spiro atoms. The first-order valence-corrected chi connectivity index (χ1v) is 10.4. The third-order valence-electron chi connectivity index (χ3n) is 5.15. The second-order valence-electron chi connectivity index (χ2n) is 7.52. The number of anilines is 1. The van der Waals surface area contributed by atoms with Gasteiger partial charge in [-0.25, -0.2) is 0 Å². The molecule has 0 aliphatic carbocycles. The van der Waals surface area contributed by atoms with Gasteiger partial charge >= 0.3 is 5.97 Å². The minimum Gasteiger partial charge on any atom is -0.426 e. The Hall–Kier alpha value is -4.18. The number of aryl methyl sites for hydroxylation is 1. The van der Waals surface area contributed by atoms with E-state index in [1.165, 1.54) is 0 Å². The summed E-state index contributed by atoms with van der Waals surface area (Å²) in [5.74, 6) is -0.752. The third-order valence-corrected chi connectivity index (χ3v) is 5.15. The van der Waals surface area contributed by atoms with Gasteiger partial charge < -0.3 is 10.1 Å². The molecule has 4 rings (SSSR count). The quantitative estimate of drug-likeness (QED) is 0.308. The number of benzene rings is 4. The van der Waals surface area contributed by atoms with E-state index in [4.69, 9.17) is 4.74 Å². The van der Waals surface area contributed by atoms with Gasteiger partial charge in [-0.2, -0.15) is 0 Å². The third kappa shape index (κ3) is 5.10. The molecule has 4 heteroatoms. The molecule has 0 fully saturated rings. The molecule has 0 heterocycles. The number of carbonyl (C=O) groups excluding carboxylic acids is 2. The van der Waals surface area contributed by atoms with Crippen LogP contribution in [0.2, 0.25) is 0 Å². The Morgan fingerprint density at radius 2 is 1.22 bits per heavy atom. The molecule has 0 aliphatic rings. The molecule has 0 saturated heterocycles. The number of carbonyl (C=O) groups is 2. The lowest BCUT2D eigenvalue weighted by molar-refractivity contribution is -0.135. The van der Waals surface area contributed by atoms with Gasteiger partial charge in [-0.1, -0.05) is 78.4 Å². The average molecular weight is 421 g/mol. The number of esters is 1. The van der Waals surface area contributed by atoms with E-state index < -0.39 is 5.92 Å². The highest BCUT2D eigenvalue weighted by molar-refractivity contribution is 6.04. The number of hydrogen-bond donors (Lipinski definition) is 1. The molecule has 0 aliphatic heterocycles. The largest absolute Gasteiger partial charge is 0.426 e.